The van der Waals surface area contributed by atoms with E-state index in [1.807, 2.05) is 6.92 Å². The van der Waals surface area contributed by atoms with E-state index in [0.717, 1.165) is 25.9 Å². The van der Waals surface area contributed by atoms with Gasteiger partial charge in [-0.05, 0) is 51.2 Å². The molecule has 1 atom stereocenters. The van der Waals surface area contributed by atoms with E-state index in [2.05, 4.69) is 30.0 Å². The van der Waals surface area contributed by atoms with Crippen LogP contribution in [-0.2, 0) is 6.42 Å². The fraction of sp³-hybridized carbons (Fsp3) is 0.600. The number of fused-ring (bicyclic) bond motifs is 1. The van der Waals surface area contributed by atoms with Crippen LogP contribution >= 0.6 is 0 Å². The molecule has 1 aliphatic rings. The zero-order valence-corrected chi connectivity index (χ0v) is 10.9. The molecular formula is C15H23NO. The van der Waals surface area contributed by atoms with Crippen LogP contribution in [-0.4, -0.2) is 24.3 Å². The summed E-state index contributed by atoms with van der Waals surface area (Å²) < 4.78 is 0. The van der Waals surface area contributed by atoms with Crippen LogP contribution in [0.15, 0.2) is 18.2 Å². The van der Waals surface area contributed by atoms with Gasteiger partial charge in [-0.2, -0.15) is 0 Å². The highest BCUT2D eigenvalue weighted by Gasteiger charge is 2.16. The summed E-state index contributed by atoms with van der Waals surface area (Å²) in [4.78, 5) is 2.47. The number of hydrogen-bond acceptors (Lipinski definition) is 2. The Bertz CT molecular complexity index is 373. The van der Waals surface area contributed by atoms with E-state index >= 15 is 0 Å². The van der Waals surface area contributed by atoms with Crippen molar-refractivity contribution in [2.24, 2.45) is 0 Å². The molecule has 94 valence electrons. The Morgan fingerprint density at radius 1 is 1.41 bits per heavy atom. The maximum absolute atomic E-state index is 9.29. The topological polar surface area (TPSA) is 23.5 Å². The van der Waals surface area contributed by atoms with Gasteiger partial charge in [-0.1, -0.05) is 17.7 Å². The predicted octanol–water partition coefficient (Wildman–Crippen LogP) is 2.91. The minimum absolute atomic E-state index is 0.169. The molecule has 0 bridgehead atoms. The fourth-order valence-corrected chi connectivity index (χ4v) is 2.61. The molecule has 0 spiro atoms. The molecule has 1 aliphatic heterocycles. The summed E-state index contributed by atoms with van der Waals surface area (Å²) in [6.45, 7) is 6.26. The molecular weight excluding hydrogens is 210 g/mol. The lowest BCUT2D eigenvalue weighted by atomic mass is 9.99. The molecule has 0 fully saturated rings. The minimum atomic E-state index is -0.169. The number of aryl methyl sites for hydroxylation is 2. The normalized spacial score (nSPS) is 16.8. The van der Waals surface area contributed by atoms with Crippen LogP contribution in [0.3, 0.4) is 0 Å². The molecule has 0 radical (unpaired) electrons. The van der Waals surface area contributed by atoms with Crippen molar-refractivity contribution >= 4 is 5.69 Å². The van der Waals surface area contributed by atoms with Crippen LogP contribution in [0.2, 0.25) is 0 Å². The first-order chi connectivity index (χ1) is 8.16. The molecule has 2 nitrogen and oxygen atoms in total. The maximum atomic E-state index is 9.29. The first-order valence-electron chi connectivity index (χ1n) is 6.69. The maximum Gasteiger partial charge on any atom is 0.0512 e. The van der Waals surface area contributed by atoms with Gasteiger partial charge >= 0.3 is 0 Å². The lowest BCUT2D eigenvalue weighted by Gasteiger charge is -2.31. The second-order valence-corrected chi connectivity index (χ2v) is 5.21. The van der Waals surface area contributed by atoms with Crippen molar-refractivity contribution < 1.29 is 5.11 Å². The zero-order valence-electron chi connectivity index (χ0n) is 10.9. The third-order valence-corrected chi connectivity index (χ3v) is 3.50. The molecule has 2 heteroatoms. The summed E-state index contributed by atoms with van der Waals surface area (Å²) in [5, 5.41) is 9.29. The number of hydrogen-bond donors (Lipinski definition) is 1. The van der Waals surface area contributed by atoms with Gasteiger partial charge in [0.25, 0.3) is 0 Å². The Morgan fingerprint density at radius 3 is 3.00 bits per heavy atom. The molecule has 1 aromatic carbocycles. The minimum Gasteiger partial charge on any atom is -0.393 e. The summed E-state index contributed by atoms with van der Waals surface area (Å²) in [5.74, 6) is 0. The first kappa shape index (κ1) is 12.4. The number of anilines is 1. The largest absolute Gasteiger partial charge is 0.393 e. The van der Waals surface area contributed by atoms with Crippen LogP contribution in [0.1, 0.15) is 37.3 Å². The Kier molecular flexibility index (Phi) is 4.06. The number of aliphatic hydroxyl groups excluding tert-OH is 1. The summed E-state index contributed by atoms with van der Waals surface area (Å²) in [6.07, 6.45) is 4.27. The number of aliphatic hydroxyl groups is 1. The highest BCUT2D eigenvalue weighted by molar-refractivity contribution is 5.56. The standard InChI is InChI=1S/C15H23NO/c1-12-7-8-15-14(11-12)6-4-10-16(15)9-3-5-13(2)17/h7-8,11,13,17H,3-6,9-10H2,1-2H3. The van der Waals surface area contributed by atoms with Gasteiger partial charge in [0.2, 0.25) is 0 Å². The lowest BCUT2D eigenvalue weighted by molar-refractivity contribution is 0.182. The lowest BCUT2D eigenvalue weighted by Crippen LogP contribution is -2.30. The van der Waals surface area contributed by atoms with Crippen molar-refractivity contribution in [3.63, 3.8) is 0 Å². The van der Waals surface area contributed by atoms with Crippen molar-refractivity contribution in [3.05, 3.63) is 29.3 Å². The monoisotopic (exact) mass is 233 g/mol. The smallest absolute Gasteiger partial charge is 0.0512 e. The molecule has 1 unspecified atom stereocenters. The second-order valence-electron chi connectivity index (χ2n) is 5.21. The van der Waals surface area contributed by atoms with E-state index in [9.17, 15) is 5.11 Å². The third kappa shape index (κ3) is 3.22. The molecule has 1 N–H and O–H groups in total. The SMILES string of the molecule is Cc1ccc2c(c1)CCCN2CCCC(C)O. The summed E-state index contributed by atoms with van der Waals surface area (Å²) in [6, 6.07) is 6.77. The Balaban J connectivity index is 2.02. The van der Waals surface area contributed by atoms with Crippen LogP contribution in [0.4, 0.5) is 5.69 Å². The van der Waals surface area contributed by atoms with Gasteiger partial charge in [-0.25, -0.2) is 0 Å². The highest BCUT2D eigenvalue weighted by Crippen LogP contribution is 2.28. The Hall–Kier alpha value is -1.02. The second kappa shape index (κ2) is 5.54. The molecule has 1 heterocycles. The first-order valence-corrected chi connectivity index (χ1v) is 6.69. The molecule has 0 aliphatic carbocycles. The molecule has 2 rings (SSSR count). The molecule has 0 aromatic heterocycles. The van der Waals surface area contributed by atoms with E-state index < -0.39 is 0 Å². The Morgan fingerprint density at radius 2 is 2.24 bits per heavy atom. The fourth-order valence-electron chi connectivity index (χ4n) is 2.61. The number of rotatable bonds is 4. The van der Waals surface area contributed by atoms with E-state index in [1.54, 1.807) is 0 Å². The average molecular weight is 233 g/mol. The van der Waals surface area contributed by atoms with Crippen molar-refractivity contribution in [2.75, 3.05) is 18.0 Å². The molecule has 0 saturated carbocycles. The summed E-state index contributed by atoms with van der Waals surface area (Å²) in [5.41, 5.74) is 4.26. The van der Waals surface area contributed by atoms with Gasteiger partial charge in [0, 0.05) is 18.8 Å². The van der Waals surface area contributed by atoms with Gasteiger partial charge < -0.3 is 10.0 Å². The van der Waals surface area contributed by atoms with Crippen LogP contribution in [0.5, 0.6) is 0 Å². The van der Waals surface area contributed by atoms with Gasteiger partial charge in [0.05, 0.1) is 6.10 Å². The van der Waals surface area contributed by atoms with Crippen molar-refractivity contribution in [1.29, 1.82) is 0 Å². The van der Waals surface area contributed by atoms with Gasteiger partial charge in [-0.3, -0.25) is 0 Å². The zero-order chi connectivity index (χ0) is 12.3. The van der Waals surface area contributed by atoms with E-state index in [1.165, 1.54) is 29.7 Å². The number of nitrogens with zero attached hydrogens (tertiary/aromatic N) is 1. The van der Waals surface area contributed by atoms with Crippen molar-refractivity contribution in [3.8, 4) is 0 Å². The quantitative estimate of drug-likeness (QED) is 0.864. The predicted molar refractivity (Wildman–Crippen MR) is 72.6 cm³/mol. The van der Waals surface area contributed by atoms with E-state index in [-0.39, 0.29) is 6.10 Å². The van der Waals surface area contributed by atoms with Crippen molar-refractivity contribution in [1.82, 2.24) is 0 Å². The number of benzene rings is 1. The molecule has 0 saturated heterocycles. The van der Waals surface area contributed by atoms with Gasteiger partial charge in [-0.15, -0.1) is 0 Å². The average Bonchev–Trinajstić information content (AvgIpc) is 2.28. The van der Waals surface area contributed by atoms with Crippen LogP contribution in [0, 0.1) is 6.92 Å². The molecule has 17 heavy (non-hydrogen) atoms. The van der Waals surface area contributed by atoms with Crippen LogP contribution < -0.4 is 4.90 Å². The molecule has 1 aromatic rings. The van der Waals surface area contributed by atoms with Gasteiger partial charge in [0.1, 0.15) is 0 Å². The van der Waals surface area contributed by atoms with E-state index in [0.29, 0.717) is 0 Å². The van der Waals surface area contributed by atoms with Crippen LogP contribution in [0.25, 0.3) is 0 Å². The highest BCUT2D eigenvalue weighted by atomic mass is 16.3. The van der Waals surface area contributed by atoms with Crippen molar-refractivity contribution in [2.45, 2.75) is 45.6 Å². The summed E-state index contributed by atoms with van der Waals surface area (Å²) in [7, 11) is 0. The summed E-state index contributed by atoms with van der Waals surface area (Å²) >= 11 is 0. The Labute approximate surface area is 104 Å². The van der Waals surface area contributed by atoms with Gasteiger partial charge in [0.15, 0.2) is 0 Å². The third-order valence-electron chi connectivity index (χ3n) is 3.50. The van der Waals surface area contributed by atoms with E-state index in [4.69, 9.17) is 0 Å². The molecule has 0 amide bonds.